The SMILES string of the molecule is COC(=O)C(C)(O)CNCc1cccnc1OC(C)C. The number of carbonyl (C=O) groups excluding carboxylic acids is 1. The van der Waals surface area contributed by atoms with Crippen molar-refractivity contribution < 1.29 is 19.4 Å². The number of nitrogens with one attached hydrogen (secondary N) is 1. The Morgan fingerprint density at radius 1 is 1.55 bits per heavy atom. The Labute approximate surface area is 119 Å². The van der Waals surface area contributed by atoms with E-state index < -0.39 is 11.6 Å². The molecule has 0 amide bonds. The first-order valence-corrected chi connectivity index (χ1v) is 6.49. The fraction of sp³-hybridized carbons (Fsp3) is 0.571. The van der Waals surface area contributed by atoms with Crippen LogP contribution in [0.3, 0.4) is 0 Å². The summed E-state index contributed by atoms with van der Waals surface area (Å²) in [7, 11) is 1.24. The zero-order valence-electron chi connectivity index (χ0n) is 12.3. The van der Waals surface area contributed by atoms with Gasteiger partial charge in [-0.2, -0.15) is 0 Å². The Balaban J connectivity index is 2.60. The van der Waals surface area contributed by atoms with Crippen molar-refractivity contribution in [1.82, 2.24) is 10.3 Å². The minimum atomic E-state index is -1.56. The molecule has 1 aromatic rings. The zero-order chi connectivity index (χ0) is 15.2. The number of esters is 1. The van der Waals surface area contributed by atoms with Crippen LogP contribution in [0.4, 0.5) is 0 Å². The number of rotatable bonds is 7. The van der Waals surface area contributed by atoms with Crippen LogP contribution in [0.5, 0.6) is 5.88 Å². The largest absolute Gasteiger partial charge is 0.475 e. The molecule has 1 unspecified atom stereocenters. The number of ether oxygens (including phenoxy) is 2. The fourth-order valence-corrected chi connectivity index (χ4v) is 1.62. The van der Waals surface area contributed by atoms with Crippen LogP contribution >= 0.6 is 0 Å². The molecule has 2 N–H and O–H groups in total. The van der Waals surface area contributed by atoms with Crippen LogP contribution in [0, 0.1) is 0 Å². The van der Waals surface area contributed by atoms with E-state index in [4.69, 9.17) is 4.74 Å². The molecule has 0 fully saturated rings. The van der Waals surface area contributed by atoms with Gasteiger partial charge in [0.2, 0.25) is 5.88 Å². The number of hydrogen-bond acceptors (Lipinski definition) is 6. The van der Waals surface area contributed by atoms with Crippen molar-refractivity contribution in [2.24, 2.45) is 0 Å². The lowest BCUT2D eigenvalue weighted by Crippen LogP contribution is -2.45. The van der Waals surface area contributed by atoms with Crippen molar-refractivity contribution in [3.05, 3.63) is 23.9 Å². The summed E-state index contributed by atoms with van der Waals surface area (Å²) in [6, 6.07) is 3.69. The van der Waals surface area contributed by atoms with E-state index in [9.17, 15) is 9.90 Å². The molecule has 1 aromatic heterocycles. The quantitative estimate of drug-likeness (QED) is 0.723. The number of hydrogen-bond donors (Lipinski definition) is 2. The molecule has 6 nitrogen and oxygen atoms in total. The van der Waals surface area contributed by atoms with Crippen molar-refractivity contribution >= 4 is 5.97 Å². The van der Waals surface area contributed by atoms with E-state index in [0.717, 1.165) is 5.56 Å². The van der Waals surface area contributed by atoms with Crippen LogP contribution in [0.25, 0.3) is 0 Å². The highest BCUT2D eigenvalue weighted by Crippen LogP contribution is 2.16. The van der Waals surface area contributed by atoms with Crippen molar-refractivity contribution in [3.8, 4) is 5.88 Å². The number of aliphatic hydroxyl groups is 1. The lowest BCUT2D eigenvalue weighted by atomic mass is 10.1. The molecule has 1 heterocycles. The Morgan fingerprint density at radius 3 is 2.85 bits per heavy atom. The summed E-state index contributed by atoms with van der Waals surface area (Å²) in [6.07, 6.45) is 1.69. The Kier molecular flexibility index (Phi) is 5.91. The number of nitrogens with zero attached hydrogens (tertiary/aromatic N) is 1. The van der Waals surface area contributed by atoms with Crippen LogP contribution in [-0.4, -0.2) is 41.4 Å². The lowest BCUT2D eigenvalue weighted by Gasteiger charge is -2.21. The second-order valence-corrected chi connectivity index (χ2v) is 5.00. The molecule has 1 atom stereocenters. The van der Waals surface area contributed by atoms with Crippen LogP contribution in [0.15, 0.2) is 18.3 Å². The van der Waals surface area contributed by atoms with Gasteiger partial charge in [0.15, 0.2) is 5.60 Å². The van der Waals surface area contributed by atoms with Gasteiger partial charge in [-0.05, 0) is 26.8 Å². The van der Waals surface area contributed by atoms with E-state index in [-0.39, 0.29) is 12.6 Å². The van der Waals surface area contributed by atoms with E-state index in [0.29, 0.717) is 12.4 Å². The van der Waals surface area contributed by atoms with Gasteiger partial charge in [0.1, 0.15) is 0 Å². The van der Waals surface area contributed by atoms with Gasteiger partial charge in [-0.1, -0.05) is 6.07 Å². The van der Waals surface area contributed by atoms with E-state index >= 15 is 0 Å². The van der Waals surface area contributed by atoms with Crippen LogP contribution < -0.4 is 10.1 Å². The van der Waals surface area contributed by atoms with Gasteiger partial charge in [-0.3, -0.25) is 0 Å². The highest BCUT2D eigenvalue weighted by Gasteiger charge is 2.30. The maximum Gasteiger partial charge on any atom is 0.338 e. The fourth-order valence-electron chi connectivity index (χ4n) is 1.62. The first kappa shape index (κ1) is 16.4. The molecule has 6 heteroatoms. The molecule has 0 aliphatic rings. The summed E-state index contributed by atoms with van der Waals surface area (Å²) in [5, 5.41) is 12.9. The smallest absolute Gasteiger partial charge is 0.338 e. The predicted molar refractivity (Wildman–Crippen MR) is 74.3 cm³/mol. The van der Waals surface area contributed by atoms with E-state index in [1.54, 1.807) is 6.20 Å². The van der Waals surface area contributed by atoms with Gasteiger partial charge in [-0.25, -0.2) is 9.78 Å². The highest BCUT2D eigenvalue weighted by atomic mass is 16.5. The summed E-state index contributed by atoms with van der Waals surface area (Å²) in [5.41, 5.74) is -0.697. The summed E-state index contributed by atoms with van der Waals surface area (Å²) in [5.74, 6) is -0.123. The summed E-state index contributed by atoms with van der Waals surface area (Å²) < 4.78 is 10.1. The van der Waals surface area contributed by atoms with Gasteiger partial charge in [0, 0.05) is 24.8 Å². The van der Waals surface area contributed by atoms with Crippen molar-refractivity contribution in [1.29, 1.82) is 0 Å². The molecular formula is C14H22N2O4. The molecule has 20 heavy (non-hydrogen) atoms. The van der Waals surface area contributed by atoms with Gasteiger partial charge < -0.3 is 19.9 Å². The molecule has 0 saturated heterocycles. The summed E-state index contributed by atoms with van der Waals surface area (Å²) >= 11 is 0. The second-order valence-electron chi connectivity index (χ2n) is 5.00. The van der Waals surface area contributed by atoms with E-state index in [1.807, 2.05) is 26.0 Å². The number of pyridine rings is 1. The Hall–Kier alpha value is -1.66. The average molecular weight is 282 g/mol. The van der Waals surface area contributed by atoms with Crippen molar-refractivity contribution in [3.63, 3.8) is 0 Å². The molecule has 0 radical (unpaired) electrons. The molecule has 0 bridgehead atoms. The molecule has 0 spiro atoms. The first-order valence-electron chi connectivity index (χ1n) is 6.49. The third kappa shape index (κ3) is 4.79. The maximum absolute atomic E-state index is 11.3. The van der Waals surface area contributed by atoms with Crippen molar-refractivity contribution in [2.45, 2.75) is 39.0 Å². The minimum Gasteiger partial charge on any atom is -0.475 e. The minimum absolute atomic E-state index is 0.0295. The zero-order valence-corrected chi connectivity index (χ0v) is 12.3. The van der Waals surface area contributed by atoms with Gasteiger partial charge in [0.25, 0.3) is 0 Å². The summed E-state index contributed by atoms with van der Waals surface area (Å²) in [6.45, 7) is 5.77. The van der Waals surface area contributed by atoms with Crippen LogP contribution in [-0.2, 0) is 16.1 Å². The standard InChI is InChI=1S/C14H22N2O4/c1-10(2)20-12-11(6-5-7-16-12)8-15-9-14(3,18)13(17)19-4/h5-7,10,15,18H,8-9H2,1-4H3. The molecule has 0 aliphatic carbocycles. The Bertz CT molecular complexity index is 447. The molecule has 1 rings (SSSR count). The maximum atomic E-state index is 11.3. The highest BCUT2D eigenvalue weighted by molar-refractivity contribution is 5.78. The third-order valence-electron chi connectivity index (χ3n) is 2.61. The monoisotopic (exact) mass is 282 g/mol. The molecule has 0 aromatic carbocycles. The average Bonchev–Trinajstić information content (AvgIpc) is 2.39. The van der Waals surface area contributed by atoms with Gasteiger partial charge in [0.05, 0.1) is 13.2 Å². The van der Waals surface area contributed by atoms with E-state index in [2.05, 4.69) is 15.0 Å². The lowest BCUT2D eigenvalue weighted by molar-refractivity contribution is -0.159. The number of methoxy groups -OCH3 is 1. The molecule has 112 valence electrons. The normalized spacial score (nSPS) is 13.9. The first-order chi connectivity index (χ1) is 9.36. The molecule has 0 aliphatic heterocycles. The predicted octanol–water partition coefficient (Wildman–Crippen LogP) is 0.882. The van der Waals surface area contributed by atoms with Gasteiger partial charge in [-0.15, -0.1) is 0 Å². The van der Waals surface area contributed by atoms with Gasteiger partial charge >= 0.3 is 5.97 Å². The van der Waals surface area contributed by atoms with Crippen molar-refractivity contribution in [2.75, 3.05) is 13.7 Å². The second kappa shape index (κ2) is 7.21. The Morgan fingerprint density at radius 2 is 2.25 bits per heavy atom. The molecule has 0 saturated carbocycles. The topological polar surface area (TPSA) is 80.7 Å². The number of carbonyl (C=O) groups is 1. The molecular weight excluding hydrogens is 260 g/mol. The van der Waals surface area contributed by atoms with Crippen LogP contribution in [0.2, 0.25) is 0 Å². The summed E-state index contributed by atoms with van der Waals surface area (Å²) in [4.78, 5) is 15.5. The van der Waals surface area contributed by atoms with Crippen LogP contribution in [0.1, 0.15) is 26.3 Å². The third-order valence-corrected chi connectivity index (χ3v) is 2.61. The number of aromatic nitrogens is 1. The van der Waals surface area contributed by atoms with E-state index in [1.165, 1.54) is 14.0 Å².